The van der Waals surface area contributed by atoms with Crippen LogP contribution >= 0.6 is 0 Å². The number of aliphatic carboxylic acids is 1. The molecular formula is C32H48O5. The molecule has 0 aromatic carbocycles. The number of hydrogen-bond acceptors (Lipinski definition) is 4. The second-order valence-corrected chi connectivity index (χ2v) is 15.9. The van der Waals surface area contributed by atoms with E-state index in [2.05, 4.69) is 54.5 Å². The van der Waals surface area contributed by atoms with Gasteiger partial charge in [0.1, 0.15) is 12.2 Å². The maximum Gasteiger partial charge on any atom is 0.310 e. The third kappa shape index (κ3) is 3.07. The highest BCUT2D eigenvalue weighted by molar-refractivity contribution is 5.76. The lowest BCUT2D eigenvalue weighted by atomic mass is 9.33. The third-order valence-corrected chi connectivity index (χ3v) is 13.6. The van der Waals surface area contributed by atoms with Crippen molar-refractivity contribution in [3.05, 3.63) is 11.6 Å². The molecule has 1 heterocycles. The molecule has 0 bridgehead atoms. The lowest BCUT2D eigenvalue weighted by Gasteiger charge is -2.70. The molecule has 37 heavy (non-hydrogen) atoms. The second kappa shape index (κ2) is 7.43. The molecule has 206 valence electrons. The van der Waals surface area contributed by atoms with Crippen molar-refractivity contribution in [2.24, 2.45) is 50.2 Å². The van der Waals surface area contributed by atoms with Gasteiger partial charge in [-0.1, -0.05) is 60.1 Å². The molecule has 0 unspecified atom stereocenters. The topological polar surface area (TPSA) is 76.1 Å². The number of carbonyl (C=O) groups excluding carboxylic acids is 1. The molecule has 5 nitrogen and oxygen atoms in total. The Hall–Kier alpha value is -1.36. The highest BCUT2D eigenvalue weighted by Crippen LogP contribution is 2.77. The maximum absolute atomic E-state index is 12.8. The van der Waals surface area contributed by atoms with Gasteiger partial charge in [-0.15, -0.1) is 0 Å². The second-order valence-electron chi connectivity index (χ2n) is 15.9. The monoisotopic (exact) mass is 512 g/mol. The fourth-order valence-corrected chi connectivity index (χ4v) is 11.4. The number of epoxide rings is 1. The van der Waals surface area contributed by atoms with Gasteiger partial charge >= 0.3 is 11.9 Å². The van der Waals surface area contributed by atoms with Gasteiger partial charge in [0.2, 0.25) is 0 Å². The molecule has 6 rings (SSSR count). The van der Waals surface area contributed by atoms with E-state index in [1.165, 1.54) is 12.5 Å². The molecule has 6 aliphatic rings. The summed E-state index contributed by atoms with van der Waals surface area (Å²) in [5.41, 5.74) is 1.00. The number of carbonyl (C=O) groups is 2. The standard InChI is InChI=1S/C32H48O5/c1-18(33)36-24-23-25(37-23)31(8)21(28(24,4)5)11-12-30(7)22(31)10-9-19-20-17-27(2,3)13-15-32(20,26(34)35)16-14-29(19,30)6/h9,20-25H,10-17H2,1-8H3,(H,34,35)/t20-,21-,22-,23-,24-,25-,29+,30+,31-,32-/m0/s1. The van der Waals surface area contributed by atoms with E-state index < -0.39 is 11.4 Å². The Morgan fingerprint density at radius 3 is 2.30 bits per heavy atom. The average molecular weight is 513 g/mol. The van der Waals surface area contributed by atoms with Crippen LogP contribution in [0.3, 0.4) is 0 Å². The smallest absolute Gasteiger partial charge is 0.310 e. The summed E-state index contributed by atoms with van der Waals surface area (Å²) >= 11 is 0. The largest absolute Gasteiger partial charge is 0.481 e. The predicted molar refractivity (Wildman–Crippen MR) is 142 cm³/mol. The van der Waals surface area contributed by atoms with Gasteiger partial charge in [-0.05, 0) is 85.4 Å². The highest BCUT2D eigenvalue weighted by atomic mass is 16.6. The molecule has 5 heteroatoms. The summed E-state index contributed by atoms with van der Waals surface area (Å²) in [7, 11) is 0. The summed E-state index contributed by atoms with van der Waals surface area (Å²) in [5.74, 6) is 0.235. The van der Waals surface area contributed by atoms with E-state index in [0.29, 0.717) is 11.8 Å². The van der Waals surface area contributed by atoms with Gasteiger partial charge in [-0.3, -0.25) is 9.59 Å². The van der Waals surface area contributed by atoms with Crippen molar-refractivity contribution in [2.75, 3.05) is 0 Å². The van der Waals surface area contributed by atoms with Crippen molar-refractivity contribution in [1.82, 2.24) is 0 Å². The minimum Gasteiger partial charge on any atom is -0.481 e. The Bertz CT molecular complexity index is 1070. The molecule has 5 aliphatic carbocycles. The number of esters is 1. The van der Waals surface area contributed by atoms with E-state index in [1.54, 1.807) is 0 Å². The van der Waals surface area contributed by atoms with Gasteiger partial charge < -0.3 is 14.6 Å². The van der Waals surface area contributed by atoms with Crippen LogP contribution in [0, 0.1) is 50.2 Å². The van der Waals surface area contributed by atoms with Crippen molar-refractivity contribution < 1.29 is 24.2 Å². The number of carboxylic acids is 1. The first-order chi connectivity index (χ1) is 17.0. The SMILES string of the molecule is CC(=O)O[C@H]1[C@@H]2O[C@@H]2[C@]2(C)[C@H]3CC=C4[C@@H]5CC(C)(C)CC[C@]5(C(=O)O)CC[C@@]4(C)[C@]3(C)CC[C@H]2C1(C)C. The number of hydrogen-bond donors (Lipinski definition) is 1. The van der Waals surface area contributed by atoms with Crippen LogP contribution in [0.25, 0.3) is 0 Å². The van der Waals surface area contributed by atoms with Crippen LogP contribution in [-0.4, -0.2) is 35.4 Å². The lowest BCUT2D eigenvalue weighted by Crippen LogP contribution is -2.67. The van der Waals surface area contributed by atoms with E-state index in [4.69, 9.17) is 9.47 Å². The molecule has 5 fully saturated rings. The minimum atomic E-state index is -0.597. The van der Waals surface area contributed by atoms with Crippen molar-refractivity contribution >= 4 is 11.9 Å². The van der Waals surface area contributed by atoms with Crippen molar-refractivity contribution in [3.63, 3.8) is 0 Å². The number of allylic oxidation sites excluding steroid dienone is 2. The van der Waals surface area contributed by atoms with Crippen LogP contribution in [0.15, 0.2) is 11.6 Å². The van der Waals surface area contributed by atoms with Gasteiger partial charge in [-0.2, -0.15) is 0 Å². The van der Waals surface area contributed by atoms with Gasteiger partial charge in [-0.25, -0.2) is 0 Å². The molecule has 1 N–H and O–H groups in total. The summed E-state index contributed by atoms with van der Waals surface area (Å²) in [4.78, 5) is 24.8. The first-order valence-electron chi connectivity index (χ1n) is 14.8. The minimum absolute atomic E-state index is 0.00218. The molecule has 0 amide bonds. The zero-order valence-corrected chi connectivity index (χ0v) is 24.3. The molecule has 4 saturated carbocycles. The van der Waals surface area contributed by atoms with Crippen molar-refractivity contribution in [1.29, 1.82) is 0 Å². The number of carboxylic acid groups (broad SMARTS) is 1. The van der Waals surface area contributed by atoms with Gasteiger partial charge in [0, 0.05) is 17.8 Å². The van der Waals surface area contributed by atoms with E-state index in [0.717, 1.165) is 51.4 Å². The van der Waals surface area contributed by atoms with Crippen molar-refractivity contribution in [2.45, 2.75) is 125 Å². The highest BCUT2D eigenvalue weighted by Gasteiger charge is 2.77. The van der Waals surface area contributed by atoms with Gasteiger partial charge in [0.25, 0.3) is 0 Å². The van der Waals surface area contributed by atoms with Crippen LogP contribution in [-0.2, 0) is 19.1 Å². The van der Waals surface area contributed by atoms with E-state index >= 15 is 0 Å². The normalized spacial score (nSPS) is 52.7. The molecule has 0 aromatic rings. The van der Waals surface area contributed by atoms with Crippen LogP contribution in [0.1, 0.15) is 107 Å². The molecule has 1 saturated heterocycles. The van der Waals surface area contributed by atoms with E-state index in [9.17, 15) is 14.7 Å². The summed E-state index contributed by atoms with van der Waals surface area (Å²) in [6.07, 6.45) is 10.2. The average Bonchev–Trinajstić information content (AvgIpc) is 3.58. The van der Waals surface area contributed by atoms with E-state index in [1.807, 2.05) is 0 Å². The van der Waals surface area contributed by atoms with Crippen LogP contribution < -0.4 is 0 Å². The predicted octanol–water partition coefficient (Wildman–Crippen LogP) is 6.79. The molecule has 0 radical (unpaired) electrons. The number of rotatable bonds is 2. The Labute approximate surface area is 223 Å². The van der Waals surface area contributed by atoms with Gasteiger partial charge in [0.05, 0.1) is 11.5 Å². The lowest BCUT2D eigenvalue weighted by molar-refractivity contribution is -0.203. The van der Waals surface area contributed by atoms with Crippen LogP contribution in [0.2, 0.25) is 0 Å². The zero-order chi connectivity index (χ0) is 27.0. The number of ether oxygens (including phenoxy) is 2. The molecule has 0 aromatic heterocycles. The molecule has 10 atom stereocenters. The Morgan fingerprint density at radius 2 is 1.65 bits per heavy atom. The molecule has 1 aliphatic heterocycles. The zero-order valence-electron chi connectivity index (χ0n) is 24.3. The van der Waals surface area contributed by atoms with Crippen molar-refractivity contribution in [3.8, 4) is 0 Å². The quantitative estimate of drug-likeness (QED) is 0.250. The fourth-order valence-electron chi connectivity index (χ4n) is 11.4. The fraction of sp³-hybridized carbons (Fsp3) is 0.875. The Morgan fingerprint density at radius 1 is 0.973 bits per heavy atom. The molecular weight excluding hydrogens is 464 g/mol. The third-order valence-electron chi connectivity index (χ3n) is 13.6. The summed E-state index contributed by atoms with van der Waals surface area (Å²) in [6, 6.07) is 0. The van der Waals surface area contributed by atoms with Gasteiger partial charge in [0.15, 0.2) is 0 Å². The summed E-state index contributed by atoms with van der Waals surface area (Å²) in [5, 5.41) is 10.6. The maximum atomic E-state index is 12.8. The Balaban J connectivity index is 1.42. The van der Waals surface area contributed by atoms with E-state index in [-0.39, 0.29) is 57.3 Å². The Kier molecular flexibility index (Phi) is 5.20. The summed E-state index contributed by atoms with van der Waals surface area (Å²) < 4.78 is 12.3. The summed E-state index contributed by atoms with van der Waals surface area (Å²) in [6.45, 7) is 18.3. The van der Waals surface area contributed by atoms with Crippen LogP contribution in [0.5, 0.6) is 0 Å². The first-order valence-corrected chi connectivity index (χ1v) is 14.8. The molecule has 0 spiro atoms. The van der Waals surface area contributed by atoms with Crippen LogP contribution in [0.4, 0.5) is 0 Å². The number of fused-ring (bicyclic) bond motifs is 9. The first kappa shape index (κ1) is 25.9.